The highest BCUT2D eigenvalue weighted by molar-refractivity contribution is 5.98. The highest BCUT2D eigenvalue weighted by Gasteiger charge is 2.36. The molecule has 3 heterocycles. The van der Waals surface area contributed by atoms with Crippen LogP contribution in [0.2, 0.25) is 0 Å². The molecule has 0 radical (unpaired) electrons. The van der Waals surface area contributed by atoms with Crippen molar-refractivity contribution in [2.24, 2.45) is 0 Å². The van der Waals surface area contributed by atoms with Crippen molar-refractivity contribution in [2.75, 3.05) is 19.0 Å². The maximum Gasteiger partial charge on any atom is 0.253 e. The minimum atomic E-state index is -0.373. The van der Waals surface area contributed by atoms with Gasteiger partial charge in [-0.2, -0.15) is 0 Å². The van der Waals surface area contributed by atoms with Gasteiger partial charge in [0.25, 0.3) is 11.8 Å². The lowest BCUT2D eigenvalue weighted by Crippen LogP contribution is -2.48. The number of rotatable bonds is 4. The number of nitrogens with zero attached hydrogens (tertiary/aromatic N) is 1. The molecule has 4 rings (SSSR count). The van der Waals surface area contributed by atoms with Gasteiger partial charge in [-0.1, -0.05) is 6.07 Å². The molecule has 0 spiro atoms. The Bertz CT molecular complexity index is 675. The first-order valence-corrected chi connectivity index (χ1v) is 9.66. The number of carbonyl (C=O) groups excluding carboxylic acids is 2. The molecule has 3 aliphatic heterocycles. The van der Waals surface area contributed by atoms with Gasteiger partial charge < -0.3 is 20.3 Å². The molecule has 3 fully saturated rings. The van der Waals surface area contributed by atoms with Gasteiger partial charge in [-0.3, -0.25) is 9.59 Å². The van der Waals surface area contributed by atoms with Crippen LogP contribution in [0.3, 0.4) is 0 Å². The Balaban J connectivity index is 1.41. The van der Waals surface area contributed by atoms with E-state index in [0.717, 1.165) is 25.7 Å². The van der Waals surface area contributed by atoms with Crippen molar-refractivity contribution in [2.45, 2.75) is 62.8 Å². The van der Waals surface area contributed by atoms with Crippen molar-refractivity contribution in [3.8, 4) is 0 Å². The molecule has 1 aromatic rings. The van der Waals surface area contributed by atoms with Gasteiger partial charge in [0.2, 0.25) is 0 Å². The van der Waals surface area contributed by atoms with Gasteiger partial charge >= 0.3 is 0 Å². The van der Waals surface area contributed by atoms with Crippen LogP contribution in [-0.2, 0) is 9.53 Å². The average molecular weight is 357 g/mol. The van der Waals surface area contributed by atoms with Crippen molar-refractivity contribution < 1.29 is 14.3 Å². The summed E-state index contributed by atoms with van der Waals surface area (Å²) >= 11 is 0. The SMILES string of the molecule is CN(C(=O)c1cccc(NC(=O)C2CCCO2)c1)C1CC2CCC(C1)N2. The topological polar surface area (TPSA) is 70.7 Å². The number of anilines is 1. The van der Waals surface area contributed by atoms with E-state index in [1.165, 1.54) is 12.8 Å². The lowest BCUT2D eigenvalue weighted by atomic mass is 9.98. The van der Waals surface area contributed by atoms with E-state index in [2.05, 4.69) is 10.6 Å². The molecular formula is C20H27N3O3. The van der Waals surface area contributed by atoms with Crippen LogP contribution in [0, 0.1) is 0 Å². The summed E-state index contributed by atoms with van der Waals surface area (Å²) in [4.78, 5) is 27.0. The first-order valence-electron chi connectivity index (χ1n) is 9.66. The van der Waals surface area contributed by atoms with Gasteiger partial charge in [0, 0.05) is 43.0 Å². The van der Waals surface area contributed by atoms with E-state index in [1.807, 2.05) is 30.1 Å². The standard InChI is InChI=1S/C20H27N3O3/c1-23(17-11-15-7-8-16(12-17)21-15)20(25)13-4-2-5-14(10-13)22-19(24)18-6-3-9-26-18/h2,4-5,10,15-18,21H,3,6-9,11-12H2,1H3,(H,22,24). The number of ether oxygens (including phenoxy) is 1. The monoisotopic (exact) mass is 357 g/mol. The number of fused-ring (bicyclic) bond motifs is 2. The molecule has 3 unspecified atom stereocenters. The van der Waals surface area contributed by atoms with Crippen molar-refractivity contribution in [3.05, 3.63) is 29.8 Å². The molecule has 6 nitrogen and oxygen atoms in total. The van der Waals surface area contributed by atoms with Gasteiger partial charge in [-0.15, -0.1) is 0 Å². The van der Waals surface area contributed by atoms with E-state index in [1.54, 1.807) is 6.07 Å². The van der Waals surface area contributed by atoms with Crippen LogP contribution in [0.1, 0.15) is 48.9 Å². The molecule has 3 aliphatic rings. The summed E-state index contributed by atoms with van der Waals surface area (Å²) < 4.78 is 5.42. The number of benzene rings is 1. The summed E-state index contributed by atoms with van der Waals surface area (Å²) in [6, 6.07) is 8.59. The smallest absolute Gasteiger partial charge is 0.253 e. The number of carbonyl (C=O) groups is 2. The van der Waals surface area contributed by atoms with E-state index >= 15 is 0 Å². The second-order valence-corrected chi connectivity index (χ2v) is 7.75. The van der Waals surface area contributed by atoms with Gasteiger partial charge in [0.1, 0.15) is 6.10 Å². The Hall–Kier alpha value is -1.92. The zero-order chi connectivity index (χ0) is 18.1. The molecule has 0 aliphatic carbocycles. The second kappa shape index (κ2) is 7.37. The van der Waals surface area contributed by atoms with E-state index in [4.69, 9.17) is 4.74 Å². The van der Waals surface area contributed by atoms with Gasteiger partial charge in [0.05, 0.1) is 0 Å². The predicted octanol–water partition coefficient (Wildman–Crippen LogP) is 2.16. The molecule has 0 aromatic heterocycles. The van der Waals surface area contributed by atoms with Gasteiger partial charge in [-0.25, -0.2) is 0 Å². The van der Waals surface area contributed by atoms with Gasteiger partial charge in [0.15, 0.2) is 0 Å². The highest BCUT2D eigenvalue weighted by atomic mass is 16.5. The molecule has 140 valence electrons. The van der Waals surface area contributed by atoms with Gasteiger partial charge in [-0.05, 0) is 56.7 Å². The predicted molar refractivity (Wildman–Crippen MR) is 99.1 cm³/mol. The summed E-state index contributed by atoms with van der Waals surface area (Å²) in [5.41, 5.74) is 1.26. The van der Waals surface area contributed by atoms with E-state index in [0.29, 0.717) is 29.9 Å². The summed E-state index contributed by atoms with van der Waals surface area (Å²) in [5.74, 6) is -0.111. The number of hydrogen-bond acceptors (Lipinski definition) is 4. The lowest BCUT2D eigenvalue weighted by Gasteiger charge is -2.35. The minimum absolute atomic E-state index is 0.0181. The molecule has 1 aromatic carbocycles. The third-order valence-corrected chi connectivity index (χ3v) is 5.92. The summed E-state index contributed by atoms with van der Waals surface area (Å²) in [5, 5.41) is 6.49. The first-order chi connectivity index (χ1) is 12.6. The molecular weight excluding hydrogens is 330 g/mol. The molecule has 2 bridgehead atoms. The quantitative estimate of drug-likeness (QED) is 0.866. The van der Waals surface area contributed by atoms with Crippen LogP contribution < -0.4 is 10.6 Å². The fraction of sp³-hybridized carbons (Fsp3) is 0.600. The van der Waals surface area contributed by atoms with Crippen LogP contribution in [0.25, 0.3) is 0 Å². The number of piperidine rings is 1. The summed E-state index contributed by atoms with van der Waals surface area (Å²) in [7, 11) is 1.90. The summed E-state index contributed by atoms with van der Waals surface area (Å²) in [6.07, 6.45) is 5.78. The number of amides is 2. The Morgan fingerprint density at radius 1 is 1.19 bits per heavy atom. The van der Waals surface area contributed by atoms with Crippen LogP contribution in [-0.4, -0.2) is 54.6 Å². The fourth-order valence-electron chi connectivity index (χ4n) is 4.45. The molecule has 2 amide bonds. The van der Waals surface area contributed by atoms with Crippen molar-refractivity contribution in [1.82, 2.24) is 10.2 Å². The van der Waals surface area contributed by atoms with Crippen molar-refractivity contribution >= 4 is 17.5 Å². The maximum absolute atomic E-state index is 12.9. The normalized spacial score (nSPS) is 30.2. The third-order valence-electron chi connectivity index (χ3n) is 5.92. The van der Waals surface area contributed by atoms with E-state index in [9.17, 15) is 9.59 Å². The zero-order valence-electron chi connectivity index (χ0n) is 15.2. The largest absolute Gasteiger partial charge is 0.368 e. The highest BCUT2D eigenvalue weighted by Crippen LogP contribution is 2.30. The molecule has 3 atom stereocenters. The Kier molecular flexibility index (Phi) is 4.96. The third kappa shape index (κ3) is 3.62. The maximum atomic E-state index is 12.9. The Morgan fingerprint density at radius 3 is 2.65 bits per heavy atom. The minimum Gasteiger partial charge on any atom is -0.368 e. The zero-order valence-corrected chi connectivity index (χ0v) is 15.2. The molecule has 2 N–H and O–H groups in total. The second-order valence-electron chi connectivity index (χ2n) is 7.75. The lowest BCUT2D eigenvalue weighted by molar-refractivity contribution is -0.124. The molecule has 26 heavy (non-hydrogen) atoms. The molecule has 3 saturated heterocycles. The number of nitrogens with one attached hydrogen (secondary N) is 2. The molecule has 6 heteroatoms. The fourth-order valence-corrected chi connectivity index (χ4v) is 4.45. The number of hydrogen-bond donors (Lipinski definition) is 2. The Labute approximate surface area is 154 Å². The van der Waals surface area contributed by atoms with Crippen LogP contribution in [0.15, 0.2) is 24.3 Å². The van der Waals surface area contributed by atoms with Crippen molar-refractivity contribution in [1.29, 1.82) is 0 Å². The van der Waals surface area contributed by atoms with Crippen molar-refractivity contribution in [3.63, 3.8) is 0 Å². The van der Waals surface area contributed by atoms with Crippen LogP contribution in [0.5, 0.6) is 0 Å². The first kappa shape index (κ1) is 17.5. The average Bonchev–Trinajstić information content (AvgIpc) is 3.30. The Morgan fingerprint density at radius 2 is 1.96 bits per heavy atom. The summed E-state index contributed by atoms with van der Waals surface area (Å²) in [6.45, 7) is 0.639. The van der Waals surface area contributed by atoms with E-state index in [-0.39, 0.29) is 24.0 Å². The van der Waals surface area contributed by atoms with E-state index < -0.39 is 0 Å². The van der Waals surface area contributed by atoms with Crippen LogP contribution >= 0.6 is 0 Å². The molecule has 0 saturated carbocycles. The van der Waals surface area contributed by atoms with Crippen LogP contribution in [0.4, 0.5) is 5.69 Å².